The predicted molar refractivity (Wildman–Crippen MR) is 278 cm³/mol. The molecule has 0 amide bonds. The van der Waals surface area contributed by atoms with Crippen molar-refractivity contribution in [3.05, 3.63) is 204 Å². The van der Waals surface area contributed by atoms with E-state index in [2.05, 4.69) is 230 Å². The van der Waals surface area contributed by atoms with Gasteiger partial charge in [-0.15, -0.1) is 0 Å². The molecule has 1 aromatic heterocycles. The monoisotopic (exact) mass is 843 g/mol. The van der Waals surface area contributed by atoms with Crippen LogP contribution in [-0.4, -0.2) is 0 Å². The number of benzene rings is 8. The van der Waals surface area contributed by atoms with E-state index in [4.69, 9.17) is 4.42 Å². The first-order chi connectivity index (χ1) is 31.3. The van der Waals surface area contributed by atoms with Crippen molar-refractivity contribution in [1.82, 2.24) is 0 Å². The smallest absolute Gasteiger partial charge is 0.135 e. The van der Waals surface area contributed by atoms with Crippen molar-refractivity contribution >= 4 is 55.3 Å². The SMILES string of the molecule is CC(C)(C)c1cc(-c2cccc3cccc(-c4ccccc4N(c4ccc5c(c4)C(C)(C)C4=C5C=CCC4)c4ccccc4-c4ccc5oc6ccccc6c5c4)c23)cc(C(C)(C)C)c1. The van der Waals surface area contributed by atoms with E-state index < -0.39 is 0 Å². The van der Waals surface area contributed by atoms with E-state index in [0.717, 1.165) is 63.0 Å². The molecule has 0 saturated carbocycles. The molecule has 0 spiro atoms. The summed E-state index contributed by atoms with van der Waals surface area (Å²) in [5, 5.41) is 4.74. The van der Waals surface area contributed by atoms with Crippen LogP contribution in [0, 0.1) is 0 Å². The normalized spacial score (nSPS) is 14.6. The number of fused-ring (bicyclic) bond motifs is 6. The van der Waals surface area contributed by atoms with Crippen molar-refractivity contribution in [3.63, 3.8) is 0 Å². The second-order valence-electron chi connectivity index (χ2n) is 20.9. The zero-order valence-electron chi connectivity index (χ0n) is 39.0. The minimum Gasteiger partial charge on any atom is -0.456 e. The molecule has 8 aromatic carbocycles. The second kappa shape index (κ2) is 15.1. The van der Waals surface area contributed by atoms with Gasteiger partial charge in [-0.05, 0) is 127 Å². The Balaban J connectivity index is 1.17. The quantitative estimate of drug-likeness (QED) is 0.166. The first-order valence-electron chi connectivity index (χ1n) is 23.4. The third kappa shape index (κ3) is 6.85. The maximum Gasteiger partial charge on any atom is 0.135 e. The molecule has 0 radical (unpaired) electrons. The lowest BCUT2D eigenvalue weighted by Gasteiger charge is -2.32. The summed E-state index contributed by atoms with van der Waals surface area (Å²) >= 11 is 0. The van der Waals surface area contributed by atoms with Gasteiger partial charge in [0.1, 0.15) is 11.2 Å². The third-order valence-electron chi connectivity index (χ3n) is 14.3. The largest absolute Gasteiger partial charge is 0.456 e. The Morgan fingerprint density at radius 1 is 0.508 bits per heavy atom. The molecule has 2 aliphatic rings. The molecule has 11 rings (SSSR count). The second-order valence-corrected chi connectivity index (χ2v) is 20.9. The number of para-hydroxylation sites is 3. The van der Waals surface area contributed by atoms with E-state index >= 15 is 0 Å². The van der Waals surface area contributed by atoms with Crippen LogP contribution in [0.1, 0.15) is 90.5 Å². The molecule has 2 aliphatic carbocycles. The minimum absolute atomic E-state index is 0.00529. The van der Waals surface area contributed by atoms with Gasteiger partial charge in [0.15, 0.2) is 0 Å². The Hall–Kier alpha value is -6.90. The number of hydrogen-bond donors (Lipinski definition) is 0. The summed E-state index contributed by atoms with van der Waals surface area (Å²) in [6, 6.07) is 61.2. The van der Waals surface area contributed by atoms with E-state index in [-0.39, 0.29) is 16.2 Å². The minimum atomic E-state index is -0.0818. The summed E-state index contributed by atoms with van der Waals surface area (Å²) in [6.45, 7) is 18.8. The van der Waals surface area contributed by atoms with E-state index in [1.807, 2.05) is 6.07 Å². The van der Waals surface area contributed by atoms with Gasteiger partial charge in [-0.3, -0.25) is 0 Å². The molecule has 0 unspecified atom stereocenters. The van der Waals surface area contributed by atoms with Crippen molar-refractivity contribution in [3.8, 4) is 33.4 Å². The van der Waals surface area contributed by atoms with Gasteiger partial charge in [-0.2, -0.15) is 0 Å². The zero-order valence-corrected chi connectivity index (χ0v) is 39.0. The van der Waals surface area contributed by atoms with Crippen LogP contribution in [0.2, 0.25) is 0 Å². The molecular weight excluding hydrogens is 787 g/mol. The topological polar surface area (TPSA) is 16.4 Å². The molecule has 2 heteroatoms. The molecule has 1 heterocycles. The van der Waals surface area contributed by atoms with E-state index in [1.165, 1.54) is 60.9 Å². The van der Waals surface area contributed by atoms with Crippen molar-refractivity contribution in [1.29, 1.82) is 0 Å². The van der Waals surface area contributed by atoms with Gasteiger partial charge in [-0.1, -0.05) is 194 Å². The van der Waals surface area contributed by atoms with Gasteiger partial charge >= 0.3 is 0 Å². The number of nitrogens with zero attached hydrogens (tertiary/aromatic N) is 1. The van der Waals surface area contributed by atoms with Gasteiger partial charge in [0.05, 0.1) is 11.4 Å². The third-order valence-corrected chi connectivity index (χ3v) is 14.3. The molecule has 0 fully saturated rings. The summed E-state index contributed by atoms with van der Waals surface area (Å²) in [5.74, 6) is 0. The van der Waals surface area contributed by atoms with Crippen LogP contribution >= 0.6 is 0 Å². The number of allylic oxidation sites excluding steroid dienone is 4. The van der Waals surface area contributed by atoms with E-state index in [0.29, 0.717) is 0 Å². The summed E-state index contributed by atoms with van der Waals surface area (Å²) in [5.41, 5.74) is 20.7. The molecule has 0 atom stereocenters. The van der Waals surface area contributed by atoms with Crippen LogP contribution in [-0.2, 0) is 16.2 Å². The highest BCUT2D eigenvalue weighted by Crippen LogP contribution is 2.53. The predicted octanol–water partition coefficient (Wildman–Crippen LogP) is 18.2. The molecular formula is C63H57NO. The first-order valence-corrected chi connectivity index (χ1v) is 23.4. The number of anilines is 3. The highest BCUT2D eigenvalue weighted by atomic mass is 16.3. The summed E-state index contributed by atoms with van der Waals surface area (Å²) in [7, 11) is 0. The van der Waals surface area contributed by atoms with Crippen LogP contribution in [0.15, 0.2) is 186 Å². The van der Waals surface area contributed by atoms with Crippen LogP contribution < -0.4 is 4.90 Å². The molecule has 0 saturated heterocycles. The Kier molecular flexibility index (Phi) is 9.49. The lowest BCUT2D eigenvalue weighted by Crippen LogP contribution is -2.19. The van der Waals surface area contributed by atoms with Gasteiger partial charge in [0.2, 0.25) is 0 Å². The lowest BCUT2D eigenvalue weighted by atomic mass is 9.78. The summed E-state index contributed by atoms with van der Waals surface area (Å²) in [4.78, 5) is 2.53. The lowest BCUT2D eigenvalue weighted by molar-refractivity contribution is 0.569. The fourth-order valence-electron chi connectivity index (χ4n) is 10.7. The standard InChI is InChI=1S/C63H57NO/c1-61(2,3)43-35-42(36-44(38-43)62(4,5)6)47-25-17-19-40-20-18-26-52(60(40)47)50-23-11-15-29-57(50)64(45-32-33-49-48-22-9-13-27-54(48)63(7,8)55(49)39-45)56-28-14-10-21-46(56)41-31-34-59-53(37-41)51-24-12-16-30-58(51)65-59/h9-12,14-26,28-39H,13,27H2,1-8H3. The Morgan fingerprint density at radius 3 is 1.88 bits per heavy atom. The first kappa shape index (κ1) is 40.8. The highest BCUT2D eigenvalue weighted by Gasteiger charge is 2.38. The van der Waals surface area contributed by atoms with E-state index in [1.54, 1.807) is 5.57 Å². The van der Waals surface area contributed by atoms with E-state index in [9.17, 15) is 0 Å². The van der Waals surface area contributed by atoms with Crippen LogP contribution in [0.25, 0.3) is 71.7 Å². The Morgan fingerprint density at radius 2 is 1.14 bits per heavy atom. The van der Waals surface area contributed by atoms with Crippen molar-refractivity contribution in [2.24, 2.45) is 0 Å². The number of hydrogen-bond acceptors (Lipinski definition) is 2. The maximum absolute atomic E-state index is 6.33. The fourth-order valence-corrected chi connectivity index (χ4v) is 10.7. The summed E-state index contributed by atoms with van der Waals surface area (Å²) in [6.07, 6.45) is 6.91. The van der Waals surface area contributed by atoms with Gasteiger partial charge in [0.25, 0.3) is 0 Å². The van der Waals surface area contributed by atoms with Crippen molar-refractivity contribution < 1.29 is 4.42 Å². The Labute approximate surface area is 384 Å². The average molecular weight is 844 g/mol. The van der Waals surface area contributed by atoms with Gasteiger partial charge < -0.3 is 9.32 Å². The van der Waals surface area contributed by atoms with Crippen molar-refractivity contribution in [2.45, 2.75) is 84.5 Å². The van der Waals surface area contributed by atoms with Gasteiger partial charge in [-0.25, -0.2) is 0 Å². The van der Waals surface area contributed by atoms with Crippen LogP contribution in [0.4, 0.5) is 17.1 Å². The van der Waals surface area contributed by atoms with Crippen molar-refractivity contribution in [2.75, 3.05) is 4.90 Å². The molecule has 0 bridgehead atoms. The zero-order chi connectivity index (χ0) is 44.8. The summed E-state index contributed by atoms with van der Waals surface area (Å²) < 4.78 is 6.33. The number of furan rings is 1. The molecule has 0 N–H and O–H groups in total. The molecule has 65 heavy (non-hydrogen) atoms. The van der Waals surface area contributed by atoms with Crippen LogP contribution in [0.3, 0.4) is 0 Å². The Bertz CT molecular complexity index is 3390. The highest BCUT2D eigenvalue weighted by molar-refractivity contribution is 6.10. The maximum atomic E-state index is 6.33. The molecule has 320 valence electrons. The van der Waals surface area contributed by atoms with Gasteiger partial charge in [0, 0.05) is 33.0 Å². The molecule has 9 aromatic rings. The fraction of sp³-hybridized carbons (Fsp3) is 0.206. The average Bonchev–Trinajstić information content (AvgIpc) is 3.79. The molecule has 2 nitrogen and oxygen atoms in total. The molecule has 0 aliphatic heterocycles. The van der Waals surface area contributed by atoms with Crippen LogP contribution in [0.5, 0.6) is 0 Å². The number of rotatable bonds is 6.